The zero-order chi connectivity index (χ0) is 20.2. The summed E-state index contributed by atoms with van der Waals surface area (Å²) in [5.41, 5.74) is -0.613. The first-order valence-corrected chi connectivity index (χ1v) is 9.27. The lowest BCUT2D eigenvalue weighted by atomic mass is 9.92. The molecule has 1 aromatic carbocycles. The van der Waals surface area contributed by atoms with Crippen LogP contribution in [0, 0.1) is 0 Å². The van der Waals surface area contributed by atoms with Crippen LogP contribution in [0.1, 0.15) is 25.8 Å². The molecule has 4 amide bonds. The SMILES string of the molecule is CCN(CCC(=O)OC)C(=O)CN1C(=O)NC(C)(c2ccc(Br)cc2)C1=O. The Morgan fingerprint density at radius 1 is 1.26 bits per heavy atom. The Balaban J connectivity index is 2.11. The third-order valence-corrected chi connectivity index (χ3v) is 5.07. The quantitative estimate of drug-likeness (QED) is 0.514. The van der Waals surface area contributed by atoms with Crippen molar-refractivity contribution in [3.8, 4) is 0 Å². The molecule has 9 heteroatoms. The van der Waals surface area contributed by atoms with Crippen molar-refractivity contribution in [2.45, 2.75) is 25.8 Å². The van der Waals surface area contributed by atoms with E-state index in [0.717, 1.165) is 9.37 Å². The minimum absolute atomic E-state index is 0.0484. The summed E-state index contributed by atoms with van der Waals surface area (Å²) >= 11 is 3.33. The predicted octanol–water partition coefficient (Wildman–Crippen LogP) is 1.63. The molecule has 1 aromatic rings. The molecule has 1 unspecified atom stereocenters. The van der Waals surface area contributed by atoms with Crippen molar-refractivity contribution in [2.24, 2.45) is 0 Å². The lowest BCUT2D eigenvalue weighted by molar-refractivity contribution is -0.143. The van der Waals surface area contributed by atoms with Gasteiger partial charge < -0.3 is 15.0 Å². The number of esters is 1. The van der Waals surface area contributed by atoms with Crippen LogP contribution in [-0.4, -0.2) is 60.4 Å². The summed E-state index contributed by atoms with van der Waals surface area (Å²) in [6, 6.07) is 6.41. The Hall–Kier alpha value is -2.42. The van der Waals surface area contributed by atoms with Crippen molar-refractivity contribution in [3.63, 3.8) is 0 Å². The highest BCUT2D eigenvalue weighted by Crippen LogP contribution is 2.29. The minimum atomic E-state index is -1.23. The summed E-state index contributed by atoms with van der Waals surface area (Å²) in [5, 5.41) is 2.66. The Labute approximate surface area is 166 Å². The maximum atomic E-state index is 12.9. The average molecular weight is 440 g/mol. The van der Waals surface area contributed by atoms with E-state index in [-0.39, 0.29) is 19.5 Å². The molecule has 1 saturated heterocycles. The van der Waals surface area contributed by atoms with Crippen LogP contribution in [0.2, 0.25) is 0 Å². The van der Waals surface area contributed by atoms with Crippen LogP contribution in [0.3, 0.4) is 0 Å². The van der Waals surface area contributed by atoms with Crippen molar-refractivity contribution in [1.29, 1.82) is 0 Å². The van der Waals surface area contributed by atoms with Gasteiger partial charge in [0.2, 0.25) is 5.91 Å². The fourth-order valence-electron chi connectivity index (χ4n) is 2.84. The number of urea groups is 1. The highest BCUT2D eigenvalue weighted by Gasteiger charge is 2.49. The number of carbonyl (C=O) groups excluding carboxylic acids is 4. The molecule has 2 rings (SSSR count). The first-order valence-electron chi connectivity index (χ1n) is 8.47. The van der Waals surface area contributed by atoms with Crippen molar-refractivity contribution >= 4 is 39.7 Å². The lowest BCUT2D eigenvalue weighted by Gasteiger charge is -2.24. The second kappa shape index (κ2) is 8.51. The maximum absolute atomic E-state index is 12.9. The molecule has 1 aliphatic heterocycles. The summed E-state index contributed by atoms with van der Waals surface area (Å²) in [6.07, 6.45) is 0.0484. The molecular formula is C18H22BrN3O5. The normalized spacial score (nSPS) is 19.0. The van der Waals surface area contributed by atoms with Gasteiger partial charge in [0, 0.05) is 17.6 Å². The number of hydrogen-bond donors (Lipinski definition) is 1. The number of amides is 4. The summed E-state index contributed by atoms with van der Waals surface area (Å²) in [7, 11) is 1.27. The van der Waals surface area contributed by atoms with Gasteiger partial charge in [0.15, 0.2) is 0 Å². The molecular weight excluding hydrogens is 418 g/mol. The molecule has 0 bridgehead atoms. The van der Waals surface area contributed by atoms with Gasteiger partial charge in [0.1, 0.15) is 12.1 Å². The van der Waals surface area contributed by atoms with Crippen LogP contribution in [0.4, 0.5) is 4.79 Å². The number of hydrogen-bond acceptors (Lipinski definition) is 5. The van der Waals surface area contributed by atoms with Crippen molar-refractivity contribution < 1.29 is 23.9 Å². The third-order valence-electron chi connectivity index (χ3n) is 4.54. The molecule has 8 nitrogen and oxygen atoms in total. The van der Waals surface area contributed by atoms with Crippen LogP contribution in [0.5, 0.6) is 0 Å². The van der Waals surface area contributed by atoms with E-state index in [4.69, 9.17) is 0 Å². The zero-order valence-electron chi connectivity index (χ0n) is 15.5. The second-order valence-electron chi connectivity index (χ2n) is 6.25. The number of benzene rings is 1. The number of nitrogens with zero attached hydrogens (tertiary/aromatic N) is 2. The van der Waals surface area contributed by atoms with Gasteiger partial charge in [-0.05, 0) is 31.5 Å². The molecule has 0 spiro atoms. The van der Waals surface area contributed by atoms with Crippen LogP contribution < -0.4 is 5.32 Å². The number of rotatable bonds is 7. The van der Waals surface area contributed by atoms with Gasteiger partial charge in [-0.2, -0.15) is 0 Å². The molecule has 1 atom stereocenters. The number of imide groups is 1. The number of ether oxygens (including phenoxy) is 1. The van der Waals surface area contributed by atoms with Gasteiger partial charge in [-0.25, -0.2) is 4.79 Å². The third kappa shape index (κ3) is 4.47. The van der Waals surface area contributed by atoms with Crippen LogP contribution in [0.15, 0.2) is 28.7 Å². The Bertz CT molecular complexity index is 752. The van der Waals surface area contributed by atoms with Gasteiger partial charge in [-0.1, -0.05) is 28.1 Å². The fourth-order valence-corrected chi connectivity index (χ4v) is 3.11. The summed E-state index contributed by atoms with van der Waals surface area (Å²) in [6.45, 7) is 3.49. The average Bonchev–Trinajstić information content (AvgIpc) is 2.86. The standard InChI is InChI=1S/C18H22BrN3O5/c1-4-21(10-9-15(24)27-3)14(23)11-22-16(25)18(2,20-17(22)26)12-5-7-13(19)8-6-12/h5-8H,4,9-11H2,1-3H3,(H,20,26). The second-order valence-corrected chi connectivity index (χ2v) is 7.17. The smallest absolute Gasteiger partial charge is 0.325 e. The monoisotopic (exact) mass is 439 g/mol. The maximum Gasteiger partial charge on any atom is 0.325 e. The number of nitrogens with one attached hydrogen (secondary N) is 1. The number of likely N-dealkylation sites (N-methyl/N-ethyl adjacent to an activating group) is 1. The zero-order valence-corrected chi connectivity index (χ0v) is 17.0. The summed E-state index contributed by atoms with van der Waals surface area (Å²) < 4.78 is 5.42. The molecule has 1 fully saturated rings. The molecule has 0 radical (unpaired) electrons. The van der Waals surface area contributed by atoms with E-state index in [1.807, 2.05) is 0 Å². The van der Waals surface area contributed by atoms with Gasteiger partial charge in [-0.3, -0.25) is 19.3 Å². The van der Waals surface area contributed by atoms with E-state index < -0.39 is 29.4 Å². The highest BCUT2D eigenvalue weighted by molar-refractivity contribution is 9.10. The Morgan fingerprint density at radius 3 is 2.44 bits per heavy atom. The van der Waals surface area contributed by atoms with E-state index in [1.165, 1.54) is 12.0 Å². The first kappa shape index (κ1) is 20.9. The van der Waals surface area contributed by atoms with E-state index in [9.17, 15) is 19.2 Å². The van der Waals surface area contributed by atoms with E-state index in [0.29, 0.717) is 12.1 Å². The van der Waals surface area contributed by atoms with E-state index in [1.54, 1.807) is 38.1 Å². The molecule has 1 N–H and O–H groups in total. The van der Waals surface area contributed by atoms with Crippen LogP contribution >= 0.6 is 15.9 Å². The van der Waals surface area contributed by atoms with Crippen molar-refractivity contribution in [2.75, 3.05) is 26.7 Å². The predicted molar refractivity (Wildman–Crippen MR) is 101 cm³/mol. The van der Waals surface area contributed by atoms with Crippen LogP contribution in [-0.2, 0) is 24.7 Å². The largest absolute Gasteiger partial charge is 0.469 e. The Kier molecular flexibility index (Phi) is 6.59. The molecule has 0 aliphatic carbocycles. The Morgan fingerprint density at radius 2 is 1.89 bits per heavy atom. The van der Waals surface area contributed by atoms with Gasteiger partial charge in [0.25, 0.3) is 5.91 Å². The summed E-state index contributed by atoms with van der Waals surface area (Å²) in [5.74, 6) is -1.34. The summed E-state index contributed by atoms with van der Waals surface area (Å²) in [4.78, 5) is 51.3. The van der Waals surface area contributed by atoms with Crippen LogP contribution in [0.25, 0.3) is 0 Å². The van der Waals surface area contributed by atoms with Gasteiger partial charge >= 0.3 is 12.0 Å². The highest BCUT2D eigenvalue weighted by atomic mass is 79.9. The molecule has 1 aliphatic rings. The molecule has 0 aromatic heterocycles. The molecule has 0 saturated carbocycles. The number of methoxy groups -OCH3 is 1. The first-order chi connectivity index (χ1) is 12.7. The van der Waals surface area contributed by atoms with E-state index in [2.05, 4.69) is 26.0 Å². The number of halogens is 1. The molecule has 27 heavy (non-hydrogen) atoms. The van der Waals surface area contributed by atoms with Crippen molar-refractivity contribution in [3.05, 3.63) is 34.3 Å². The van der Waals surface area contributed by atoms with E-state index >= 15 is 0 Å². The van der Waals surface area contributed by atoms with Gasteiger partial charge in [-0.15, -0.1) is 0 Å². The van der Waals surface area contributed by atoms with Gasteiger partial charge in [0.05, 0.1) is 13.5 Å². The topological polar surface area (TPSA) is 96.0 Å². The minimum Gasteiger partial charge on any atom is -0.469 e. The molecule has 146 valence electrons. The number of carbonyl (C=O) groups is 4. The molecule has 1 heterocycles. The van der Waals surface area contributed by atoms with Crippen molar-refractivity contribution in [1.82, 2.24) is 15.1 Å². The lowest BCUT2D eigenvalue weighted by Crippen LogP contribution is -2.45. The fraction of sp³-hybridized carbons (Fsp3) is 0.444.